The van der Waals surface area contributed by atoms with E-state index in [-0.39, 0.29) is 0 Å². The van der Waals surface area contributed by atoms with Crippen molar-refractivity contribution in [3.8, 4) is 11.1 Å². The predicted octanol–water partition coefficient (Wildman–Crippen LogP) is 1.58. The zero-order valence-electron chi connectivity index (χ0n) is 7.81. The molecule has 0 fully saturated rings. The van der Waals surface area contributed by atoms with E-state index in [2.05, 4.69) is 20.3 Å². The van der Waals surface area contributed by atoms with E-state index in [0.717, 1.165) is 16.9 Å². The molecule has 2 aromatic heterocycles. The molecule has 2 rings (SSSR count). The lowest BCUT2D eigenvalue weighted by Gasteiger charge is -2.05. The van der Waals surface area contributed by atoms with Gasteiger partial charge in [-0.15, -0.1) is 0 Å². The topological polar surface area (TPSA) is 50.7 Å². The van der Waals surface area contributed by atoms with Crippen LogP contribution in [0.15, 0.2) is 37.1 Å². The zero-order chi connectivity index (χ0) is 9.80. The van der Waals surface area contributed by atoms with Gasteiger partial charge in [-0.2, -0.15) is 0 Å². The fourth-order valence-electron chi connectivity index (χ4n) is 1.27. The van der Waals surface area contributed by atoms with Gasteiger partial charge in [0.2, 0.25) is 0 Å². The van der Waals surface area contributed by atoms with Crippen LogP contribution in [0.5, 0.6) is 0 Å². The number of aromatic nitrogens is 3. The Morgan fingerprint density at radius 3 is 2.64 bits per heavy atom. The first kappa shape index (κ1) is 8.62. The minimum absolute atomic E-state index is 0.825. The van der Waals surface area contributed by atoms with E-state index in [1.54, 1.807) is 18.6 Å². The van der Waals surface area contributed by atoms with Crippen molar-refractivity contribution < 1.29 is 0 Å². The molecule has 0 atom stereocenters. The molecule has 2 aromatic rings. The summed E-state index contributed by atoms with van der Waals surface area (Å²) in [6, 6.07) is 3.86. The van der Waals surface area contributed by atoms with Crippen LogP contribution in [0.1, 0.15) is 0 Å². The number of hydrogen-bond acceptors (Lipinski definition) is 4. The van der Waals surface area contributed by atoms with Gasteiger partial charge in [-0.05, 0) is 17.7 Å². The number of nitrogens with zero attached hydrogens (tertiary/aromatic N) is 3. The summed E-state index contributed by atoms with van der Waals surface area (Å²) in [6.45, 7) is 0. The molecule has 0 aliphatic carbocycles. The van der Waals surface area contributed by atoms with Crippen LogP contribution in [0.3, 0.4) is 0 Å². The quantitative estimate of drug-likeness (QED) is 0.773. The van der Waals surface area contributed by atoms with E-state index < -0.39 is 0 Å². The standard InChI is InChI=1S/C10H10N4/c1-11-10-9(6-13-7-14-10)8-2-4-12-5-3-8/h2-7H,1H3,(H,11,13,14). The fraction of sp³-hybridized carbons (Fsp3) is 0.100. The minimum Gasteiger partial charge on any atom is -0.373 e. The number of hydrogen-bond donors (Lipinski definition) is 1. The first-order valence-electron chi connectivity index (χ1n) is 4.30. The second-order valence-corrected chi connectivity index (χ2v) is 2.77. The Bertz CT molecular complexity index is 413. The van der Waals surface area contributed by atoms with Crippen molar-refractivity contribution in [2.45, 2.75) is 0 Å². The van der Waals surface area contributed by atoms with E-state index in [0.29, 0.717) is 0 Å². The third kappa shape index (κ3) is 1.54. The van der Waals surface area contributed by atoms with Crippen LogP contribution < -0.4 is 5.32 Å². The maximum absolute atomic E-state index is 4.13. The van der Waals surface area contributed by atoms with E-state index in [1.165, 1.54) is 6.33 Å². The monoisotopic (exact) mass is 186 g/mol. The number of nitrogens with one attached hydrogen (secondary N) is 1. The van der Waals surface area contributed by atoms with Gasteiger partial charge >= 0.3 is 0 Å². The number of anilines is 1. The van der Waals surface area contributed by atoms with Gasteiger partial charge in [-0.3, -0.25) is 4.98 Å². The SMILES string of the molecule is CNc1ncncc1-c1ccncc1. The maximum atomic E-state index is 4.13. The first-order valence-corrected chi connectivity index (χ1v) is 4.30. The number of rotatable bonds is 2. The first-order chi connectivity index (χ1) is 6.92. The van der Waals surface area contributed by atoms with Crippen LogP contribution in [0, 0.1) is 0 Å². The van der Waals surface area contributed by atoms with E-state index in [1.807, 2.05) is 19.2 Å². The molecule has 0 amide bonds. The summed E-state index contributed by atoms with van der Waals surface area (Å²) < 4.78 is 0. The highest BCUT2D eigenvalue weighted by molar-refractivity contribution is 5.73. The molecule has 4 nitrogen and oxygen atoms in total. The summed E-state index contributed by atoms with van der Waals surface area (Å²) >= 11 is 0. The van der Waals surface area contributed by atoms with Gasteiger partial charge in [0.05, 0.1) is 0 Å². The Morgan fingerprint density at radius 1 is 1.14 bits per heavy atom. The second kappa shape index (κ2) is 3.83. The lowest BCUT2D eigenvalue weighted by molar-refractivity contribution is 1.16. The van der Waals surface area contributed by atoms with Gasteiger partial charge < -0.3 is 5.32 Å². The van der Waals surface area contributed by atoms with Crippen LogP contribution in [0.4, 0.5) is 5.82 Å². The Balaban J connectivity index is 2.51. The third-order valence-electron chi connectivity index (χ3n) is 1.94. The molecule has 0 saturated heterocycles. The minimum atomic E-state index is 0.825. The molecule has 14 heavy (non-hydrogen) atoms. The molecule has 0 aliphatic heterocycles. The largest absolute Gasteiger partial charge is 0.373 e. The van der Waals surface area contributed by atoms with Crippen LogP contribution in [-0.2, 0) is 0 Å². The molecule has 1 N–H and O–H groups in total. The van der Waals surface area contributed by atoms with Crippen LogP contribution in [0.2, 0.25) is 0 Å². The maximum Gasteiger partial charge on any atom is 0.137 e. The van der Waals surface area contributed by atoms with Gasteiger partial charge in [0.1, 0.15) is 12.1 Å². The summed E-state index contributed by atoms with van der Waals surface area (Å²) in [7, 11) is 1.84. The zero-order valence-corrected chi connectivity index (χ0v) is 7.81. The molecule has 0 aliphatic rings. The van der Waals surface area contributed by atoms with Gasteiger partial charge in [-0.1, -0.05) is 0 Å². The summed E-state index contributed by atoms with van der Waals surface area (Å²) in [5.74, 6) is 0.825. The molecule has 70 valence electrons. The number of pyridine rings is 1. The van der Waals surface area contributed by atoms with Crippen molar-refractivity contribution in [3.05, 3.63) is 37.1 Å². The molecule has 0 bridgehead atoms. The van der Waals surface area contributed by atoms with E-state index >= 15 is 0 Å². The van der Waals surface area contributed by atoms with Crippen LogP contribution in [-0.4, -0.2) is 22.0 Å². The lowest BCUT2D eigenvalue weighted by Crippen LogP contribution is -1.96. The molecule has 0 spiro atoms. The normalized spacial score (nSPS) is 9.79. The molecule has 0 aromatic carbocycles. The van der Waals surface area contributed by atoms with Crippen molar-refractivity contribution in [1.29, 1.82) is 0 Å². The van der Waals surface area contributed by atoms with Crippen LogP contribution >= 0.6 is 0 Å². The Labute approximate surface area is 82.1 Å². The third-order valence-corrected chi connectivity index (χ3v) is 1.94. The van der Waals surface area contributed by atoms with Crippen molar-refractivity contribution in [3.63, 3.8) is 0 Å². The highest BCUT2D eigenvalue weighted by Crippen LogP contribution is 2.23. The van der Waals surface area contributed by atoms with Gasteiger partial charge in [0.25, 0.3) is 0 Å². The van der Waals surface area contributed by atoms with Crippen molar-refractivity contribution >= 4 is 5.82 Å². The highest BCUT2D eigenvalue weighted by atomic mass is 15.0. The molecular weight excluding hydrogens is 176 g/mol. The Kier molecular flexibility index (Phi) is 2.36. The van der Waals surface area contributed by atoms with E-state index in [4.69, 9.17) is 0 Å². The van der Waals surface area contributed by atoms with Gasteiger partial charge in [0, 0.05) is 31.2 Å². The molecule has 2 heterocycles. The Morgan fingerprint density at radius 2 is 1.93 bits per heavy atom. The van der Waals surface area contributed by atoms with Gasteiger partial charge in [-0.25, -0.2) is 9.97 Å². The van der Waals surface area contributed by atoms with E-state index in [9.17, 15) is 0 Å². The predicted molar refractivity (Wildman–Crippen MR) is 54.8 cm³/mol. The average Bonchev–Trinajstić information content (AvgIpc) is 2.30. The summed E-state index contributed by atoms with van der Waals surface area (Å²) in [4.78, 5) is 12.1. The average molecular weight is 186 g/mol. The summed E-state index contributed by atoms with van der Waals surface area (Å²) in [6.07, 6.45) is 6.81. The molecule has 0 radical (unpaired) electrons. The molecule has 4 heteroatoms. The highest BCUT2D eigenvalue weighted by Gasteiger charge is 2.03. The van der Waals surface area contributed by atoms with Gasteiger partial charge in [0.15, 0.2) is 0 Å². The Hall–Kier alpha value is -1.97. The smallest absolute Gasteiger partial charge is 0.137 e. The molecule has 0 saturated carbocycles. The summed E-state index contributed by atoms with van der Waals surface area (Å²) in [5.41, 5.74) is 2.04. The fourth-order valence-corrected chi connectivity index (χ4v) is 1.27. The summed E-state index contributed by atoms with van der Waals surface area (Å²) in [5, 5.41) is 3.02. The lowest BCUT2D eigenvalue weighted by atomic mass is 10.1. The van der Waals surface area contributed by atoms with Crippen molar-refractivity contribution in [2.75, 3.05) is 12.4 Å². The van der Waals surface area contributed by atoms with Crippen molar-refractivity contribution in [2.24, 2.45) is 0 Å². The molecular formula is C10H10N4. The van der Waals surface area contributed by atoms with Crippen LogP contribution in [0.25, 0.3) is 11.1 Å². The van der Waals surface area contributed by atoms with Crippen molar-refractivity contribution in [1.82, 2.24) is 15.0 Å². The molecule has 0 unspecified atom stereocenters. The second-order valence-electron chi connectivity index (χ2n) is 2.77.